The lowest BCUT2D eigenvalue weighted by molar-refractivity contribution is -0.138. The molecule has 0 saturated heterocycles. The first-order valence-corrected chi connectivity index (χ1v) is 6.90. The van der Waals surface area contributed by atoms with Gasteiger partial charge < -0.3 is 10.8 Å². The Kier molecular flexibility index (Phi) is 3.12. The normalized spacial score (nSPS) is 17.4. The molecule has 1 aliphatic carbocycles. The third-order valence-electron chi connectivity index (χ3n) is 2.85. The number of hydrogen-bond acceptors (Lipinski definition) is 4. The van der Waals surface area contributed by atoms with Gasteiger partial charge in [-0.05, 0) is 30.5 Å². The number of halogens is 1. The van der Waals surface area contributed by atoms with E-state index in [2.05, 4.69) is 0 Å². The summed E-state index contributed by atoms with van der Waals surface area (Å²) in [7, 11) is -3.62. The Balaban J connectivity index is 2.39. The van der Waals surface area contributed by atoms with Crippen LogP contribution in [0.5, 0.6) is 0 Å². The number of nitrogens with two attached hydrogens (primary N) is 1. The summed E-state index contributed by atoms with van der Waals surface area (Å²) < 4.78 is 37.4. The molecule has 18 heavy (non-hydrogen) atoms. The van der Waals surface area contributed by atoms with E-state index in [1.54, 1.807) is 0 Å². The van der Waals surface area contributed by atoms with Gasteiger partial charge in [0.05, 0.1) is 5.25 Å². The van der Waals surface area contributed by atoms with Gasteiger partial charge in [-0.2, -0.15) is 0 Å². The molecule has 0 spiro atoms. The molecule has 3 N–H and O–H groups in total. The SMILES string of the molecule is NC(C(=O)O)c1ccc(S(=O)(=O)C2CC2)c(F)c1. The number of rotatable bonds is 4. The lowest BCUT2D eigenvalue weighted by atomic mass is 10.1. The minimum absolute atomic E-state index is 0.0368. The summed E-state index contributed by atoms with van der Waals surface area (Å²) in [4.78, 5) is 10.3. The molecule has 0 bridgehead atoms. The van der Waals surface area contributed by atoms with Crippen LogP contribution in [0.4, 0.5) is 4.39 Å². The summed E-state index contributed by atoms with van der Waals surface area (Å²) in [5.74, 6) is -2.25. The largest absolute Gasteiger partial charge is 0.480 e. The molecule has 1 unspecified atom stereocenters. The summed E-state index contributed by atoms with van der Waals surface area (Å²) in [6, 6.07) is 1.82. The standard InChI is InChI=1S/C11H12FNO4S/c12-8-5-6(10(13)11(14)15)1-4-9(8)18(16,17)7-2-3-7/h1,4-5,7,10H,2-3,13H2,(H,14,15). The highest BCUT2D eigenvalue weighted by molar-refractivity contribution is 7.92. The Hall–Kier alpha value is -1.47. The van der Waals surface area contributed by atoms with Crippen LogP contribution in [0.25, 0.3) is 0 Å². The van der Waals surface area contributed by atoms with E-state index >= 15 is 0 Å². The van der Waals surface area contributed by atoms with E-state index in [9.17, 15) is 17.6 Å². The number of aliphatic carboxylic acids is 1. The second kappa shape index (κ2) is 4.33. The Morgan fingerprint density at radius 1 is 1.44 bits per heavy atom. The molecule has 1 atom stereocenters. The van der Waals surface area contributed by atoms with Gasteiger partial charge in [0.15, 0.2) is 9.84 Å². The van der Waals surface area contributed by atoms with Gasteiger partial charge in [-0.15, -0.1) is 0 Å². The van der Waals surface area contributed by atoms with E-state index in [-0.39, 0.29) is 10.5 Å². The van der Waals surface area contributed by atoms with Crippen LogP contribution >= 0.6 is 0 Å². The van der Waals surface area contributed by atoms with Gasteiger partial charge >= 0.3 is 5.97 Å². The molecule has 98 valence electrons. The number of carbonyl (C=O) groups is 1. The van der Waals surface area contributed by atoms with Gasteiger partial charge in [0.2, 0.25) is 0 Å². The zero-order chi connectivity index (χ0) is 13.5. The Morgan fingerprint density at radius 2 is 2.06 bits per heavy atom. The molecule has 2 rings (SSSR count). The molecule has 0 heterocycles. The van der Waals surface area contributed by atoms with Crippen LogP contribution in [0.1, 0.15) is 24.4 Å². The summed E-state index contributed by atoms with van der Waals surface area (Å²) in [5.41, 5.74) is 5.36. The summed E-state index contributed by atoms with van der Waals surface area (Å²) in [5, 5.41) is 8.18. The van der Waals surface area contributed by atoms with E-state index in [4.69, 9.17) is 10.8 Å². The summed E-state index contributed by atoms with van der Waals surface area (Å²) in [6.45, 7) is 0. The molecule has 1 aliphatic rings. The Bertz CT molecular complexity index is 595. The molecule has 1 saturated carbocycles. The van der Waals surface area contributed by atoms with Crippen LogP contribution in [-0.2, 0) is 14.6 Å². The van der Waals surface area contributed by atoms with Gasteiger partial charge in [-0.25, -0.2) is 12.8 Å². The van der Waals surface area contributed by atoms with E-state index < -0.39 is 32.9 Å². The highest BCUT2D eigenvalue weighted by Gasteiger charge is 2.38. The lowest BCUT2D eigenvalue weighted by Gasteiger charge is -2.09. The molecule has 0 aliphatic heterocycles. The van der Waals surface area contributed by atoms with Crippen molar-refractivity contribution in [2.45, 2.75) is 29.0 Å². The predicted octanol–water partition coefficient (Wildman–Crippen LogP) is 0.846. The highest BCUT2D eigenvalue weighted by atomic mass is 32.2. The second-order valence-corrected chi connectivity index (χ2v) is 6.45. The van der Waals surface area contributed by atoms with Gasteiger partial charge in [0, 0.05) is 0 Å². The molecule has 1 aromatic carbocycles. The topological polar surface area (TPSA) is 97.5 Å². The first kappa shape index (κ1) is 13.0. The maximum absolute atomic E-state index is 13.7. The quantitative estimate of drug-likeness (QED) is 0.847. The average molecular weight is 273 g/mol. The number of carboxylic acids is 1. The second-order valence-electron chi connectivity index (χ2n) is 4.25. The molecule has 0 amide bonds. The van der Waals surface area contributed by atoms with Crippen molar-refractivity contribution in [1.82, 2.24) is 0 Å². The Labute approximate surface area is 103 Å². The van der Waals surface area contributed by atoms with Crippen LogP contribution in [0.15, 0.2) is 23.1 Å². The molecular weight excluding hydrogens is 261 g/mol. The molecule has 0 aromatic heterocycles. The predicted molar refractivity (Wildman–Crippen MR) is 61.2 cm³/mol. The zero-order valence-electron chi connectivity index (χ0n) is 9.34. The Morgan fingerprint density at radius 3 is 2.50 bits per heavy atom. The molecule has 1 aromatic rings. The first-order chi connectivity index (χ1) is 8.34. The number of carboxylic acid groups (broad SMARTS) is 1. The van der Waals surface area contributed by atoms with Crippen molar-refractivity contribution in [3.63, 3.8) is 0 Å². The van der Waals surface area contributed by atoms with Gasteiger partial charge in [-0.1, -0.05) is 6.07 Å². The van der Waals surface area contributed by atoms with Crippen molar-refractivity contribution in [1.29, 1.82) is 0 Å². The number of sulfone groups is 1. The first-order valence-electron chi connectivity index (χ1n) is 5.36. The van der Waals surface area contributed by atoms with Crippen LogP contribution < -0.4 is 5.73 Å². The van der Waals surface area contributed by atoms with Crippen LogP contribution in [-0.4, -0.2) is 24.7 Å². The fourth-order valence-electron chi connectivity index (χ4n) is 1.64. The summed E-state index contributed by atoms with van der Waals surface area (Å²) in [6.07, 6.45) is 1.08. The fraction of sp³-hybridized carbons (Fsp3) is 0.364. The van der Waals surface area contributed by atoms with E-state index in [0.29, 0.717) is 12.8 Å². The average Bonchev–Trinajstić information content (AvgIpc) is 3.11. The molecule has 5 nitrogen and oxygen atoms in total. The summed E-state index contributed by atoms with van der Waals surface area (Å²) >= 11 is 0. The van der Waals surface area contributed by atoms with Gasteiger partial charge in [0.1, 0.15) is 16.8 Å². The minimum atomic E-state index is -3.62. The maximum atomic E-state index is 13.7. The van der Waals surface area contributed by atoms with Crippen molar-refractivity contribution >= 4 is 15.8 Å². The van der Waals surface area contributed by atoms with E-state index in [1.165, 1.54) is 6.07 Å². The minimum Gasteiger partial charge on any atom is -0.480 e. The molecule has 0 radical (unpaired) electrons. The third kappa shape index (κ3) is 2.23. The van der Waals surface area contributed by atoms with Crippen LogP contribution in [0, 0.1) is 5.82 Å². The molecule has 7 heteroatoms. The number of hydrogen-bond donors (Lipinski definition) is 2. The van der Waals surface area contributed by atoms with Crippen LogP contribution in [0.2, 0.25) is 0 Å². The van der Waals surface area contributed by atoms with Crippen molar-refractivity contribution < 1.29 is 22.7 Å². The molecular formula is C11H12FNO4S. The van der Waals surface area contributed by atoms with Crippen molar-refractivity contribution in [3.05, 3.63) is 29.6 Å². The lowest BCUT2D eigenvalue weighted by Crippen LogP contribution is -2.21. The van der Waals surface area contributed by atoms with Gasteiger partial charge in [0.25, 0.3) is 0 Å². The van der Waals surface area contributed by atoms with E-state index in [1.807, 2.05) is 0 Å². The monoisotopic (exact) mass is 273 g/mol. The fourth-order valence-corrected chi connectivity index (χ4v) is 3.35. The van der Waals surface area contributed by atoms with Crippen molar-refractivity contribution in [2.75, 3.05) is 0 Å². The smallest absolute Gasteiger partial charge is 0.325 e. The van der Waals surface area contributed by atoms with E-state index in [0.717, 1.165) is 12.1 Å². The van der Waals surface area contributed by atoms with Crippen molar-refractivity contribution in [2.24, 2.45) is 5.73 Å². The molecule has 1 fully saturated rings. The number of benzene rings is 1. The third-order valence-corrected chi connectivity index (χ3v) is 5.14. The van der Waals surface area contributed by atoms with Crippen LogP contribution in [0.3, 0.4) is 0 Å². The highest BCUT2D eigenvalue weighted by Crippen LogP contribution is 2.34. The van der Waals surface area contributed by atoms with Gasteiger partial charge in [-0.3, -0.25) is 4.79 Å². The van der Waals surface area contributed by atoms with Crippen molar-refractivity contribution in [3.8, 4) is 0 Å². The maximum Gasteiger partial charge on any atom is 0.325 e. The zero-order valence-corrected chi connectivity index (χ0v) is 10.2.